The summed E-state index contributed by atoms with van der Waals surface area (Å²) in [5.74, 6) is 0.207. The molecule has 0 unspecified atom stereocenters. The second-order valence-electron chi connectivity index (χ2n) is 15.8. The zero-order valence-corrected chi connectivity index (χ0v) is 36.2. The highest BCUT2D eigenvalue weighted by molar-refractivity contribution is 7.94. The minimum atomic E-state index is -4.31. The third kappa shape index (κ3) is 9.23. The Bertz CT molecular complexity index is 2370. The molecule has 6 rings (SSSR count). The summed E-state index contributed by atoms with van der Waals surface area (Å²) in [4.78, 5) is 4.74. The SMILES string of the molecule is C\[N+](=C1C(=C/C=C2/N(CCCCSOO[O-])c3ccccc3C2(C)C)CCC/1=C\C=C1\N(CCCCS(=O)(=O)[O-])c2ccccc2C1(C)C)S(=O)(=O)c1ccccc1. The maximum absolute atomic E-state index is 14.3. The first-order chi connectivity index (χ1) is 27.6. The number of unbranched alkanes of at least 4 members (excludes halogenated alkanes) is 2. The van der Waals surface area contributed by atoms with Crippen LogP contribution in [0.4, 0.5) is 11.4 Å². The van der Waals surface area contributed by atoms with Crippen LogP contribution in [0, 0.1) is 0 Å². The van der Waals surface area contributed by atoms with Crippen LogP contribution >= 0.6 is 12.0 Å². The molecule has 3 aliphatic rings. The topological polar surface area (TPSA) is 142 Å². The van der Waals surface area contributed by atoms with E-state index in [1.165, 1.54) is 9.54 Å². The summed E-state index contributed by atoms with van der Waals surface area (Å²) >= 11 is 0.990. The van der Waals surface area contributed by atoms with Crippen molar-refractivity contribution in [2.24, 2.45) is 0 Å². The molecule has 11 nitrogen and oxygen atoms in total. The highest BCUT2D eigenvalue weighted by Crippen LogP contribution is 2.49. The van der Waals surface area contributed by atoms with Gasteiger partial charge >= 0.3 is 10.0 Å². The van der Waals surface area contributed by atoms with Crippen LogP contribution in [0.3, 0.4) is 0 Å². The molecule has 310 valence electrons. The molecule has 0 spiro atoms. The van der Waals surface area contributed by atoms with E-state index in [0.29, 0.717) is 37.3 Å². The Hall–Kier alpha value is -4.02. The molecule has 3 aromatic carbocycles. The van der Waals surface area contributed by atoms with Crippen molar-refractivity contribution >= 4 is 49.3 Å². The van der Waals surface area contributed by atoms with Gasteiger partial charge in [0.15, 0.2) is 7.05 Å². The highest BCUT2D eigenvalue weighted by atomic mass is 32.2. The average Bonchev–Trinajstić information content (AvgIpc) is 3.77. The van der Waals surface area contributed by atoms with E-state index in [9.17, 15) is 26.6 Å². The molecular weight excluding hydrogens is 795 g/mol. The van der Waals surface area contributed by atoms with E-state index < -0.39 is 31.3 Å². The van der Waals surface area contributed by atoms with E-state index in [1.807, 2.05) is 24.3 Å². The number of hydrogen-bond acceptors (Lipinski definition) is 11. The Morgan fingerprint density at radius 1 is 0.707 bits per heavy atom. The first kappa shape index (κ1) is 43.6. The van der Waals surface area contributed by atoms with E-state index in [2.05, 4.69) is 95.4 Å². The zero-order valence-electron chi connectivity index (χ0n) is 33.7. The monoisotopic (exact) mass is 846 g/mol. The molecule has 3 aromatic rings. The molecule has 1 saturated carbocycles. The van der Waals surface area contributed by atoms with Crippen LogP contribution in [-0.4, -0.2) is 62.7 Å². The van der Waals surface area contributed by atoms with Crippen LogP contribution in [0.25, 0.3) is 0 Å². The lowest BCUT2D eigenvalue weighted by Gasteiger charge is -2.27. The lowest BCUT2D eigenvalue weighted by atomic mass is 9.83. The normalized spacial score (nSPS) is 21.1. The summed E-state index contributed by atoms with van der Waals surface area (Å²) in [6.07, 6.45) is 12.0. The van der Waals surface area contributed by atoms with Gasteiger partial charge < -0.3 is 19.6 Å². The standard InChI is InChI=1S/C44H53N3O8S3/c1-43(2)36-19-9-11-21-38(36)46(29-13-15-31-56-55-54-48)40(43)27-25-33-23-24-34(42(33)45(5)58(52,53)35-17-7-6-8-18-35)26-28-41-44(3,4)37-20-10-12-22-39(37)47(41)30-14-16-32-57(49,50)51/h6-12,17-22,25-28H,13-16,23-24,29-32H2,1-5H3,(H-,48,49,50,51)/p-1. The average molecular weight is 847 g/mol. The summed E-state index contributed by atoms with van der Waals surface area (Å²) in [5, 5.41) is 13.7. The van der Waals surface area contributed by atoms with Crippen molar-refractivity contribution < 1.29 is 40.0 Å². The first-order valence-corrected chi connectivity index (χ1v) is 23.5. The van der Waals surface area contributed by atoms with Gasteiger partial charge in [-0.15, -0.1) is 3.98 Å². The molecule has 2 heterocycles. The number of allylic oxidation sites excluding steroid dienone is 8. The largest absolute Gasteiger partial charge is 0.748 e. The predicted octanol–water partition coefficient (Wildman–Crippen LogP) is 7.45. The van der Waals surface area contributed by atoms with Crippen molar-refractivity contribution in [2.75, 3.05) is 41.4 Å². The Labute approximate surface area is 347 Å². The molecule has 1 aliphatic carbocycles. The van der Waals surface area contributed by atoms with Crippen molar-refractivity contribution in [3.8, 4) is 0 Å². The van der Waals surface area contributed by atoms with Gasteiger partial charge in [0.05, 0.1) is 10.1 Å². The number of para-hydroxylation sites is 2. The van der Waals surface area contributed by atoms with Gasteiger partial charge in [-0.2, -0.15) is 12.8 Å². The van der Waals surface area contributed by atoms with Crippen LogP contribution in [0.1, 0.15) is 77.3 Å². The van der Waals surface area contributed by atoms with Crippen molar-refractivity contribution in [2.45, 2.75) is 81.9 Å². The van der Waals surface area contributed by atoms with Crippen molar-refractivity contribution in [1.82, 2.24) is 0 Å². The molecule has 14 heteroatoms. The number of nitrogens with zero attached hydrogens (tertiary/aromatic N) is 3. The molecule has 2 aliphatic heterocycles. The van der Waals surface area contributed by atoms with Crippen LogP contribution in [0.5, 0.6) is 0 Å². The van der Waals surface area contributed by atoms with Gasteiger partial charge in [0.25, 0.3) is 0 Å². The number of benzene rings is 3. The van der Waals surface area contributed by atoms with Crippen molar-refractivity contribution in [3.63, 3.8) is 0 Å². The van der Waals surface area contributed by atoms with E-state index in [-0.39, 0.29) is 16.7 Å². The molecule has 0 N–H and O–H groups in total. The Kier molecular flexibility index (Phi) is 13.6. The van der Waals surface area contributed by atoms with Crippen LogP contribution in [-0.2, 0) is 40.3 Å². The molecule has 0 saturated heterocycles. The predicted molar refractivity (Wildman–Crippen MR) is 228 cm³/mol. The van der Waals surface area contributed by atoms with E-state index in [4.69, 9.17) is 0 Å². The summed E-state index contributed by atoms with van der Waals surface area (Å²) in [7, 11) is -6.62. The lowest BCUT2D eigenvalue weighted by Crippen LogP contribution is -2.28. The first-order valence-electron chi connectivity index (χ1n) is 19.6. The fourth-order valence-corrected chi connectivity index (χ4v) is 10.7. The quantitative estimate of drug-likeness (QED) is 0.0355. The summed E-state index contributed by atoms with van der Waals surface area (Å²) in [6.45, 7) is 10.00. The Morgan fingerprint density at radius 2 is 1.19 bits per heavy atom. The van der Waals surface area contributed by atoms with Crippen LogP contribution < -0.4 is 15.1 Å². The maximum atomic E-state index is 14.3. The van der Waals surface area contributed by atoms with Crippen molar-refractivity contribution in [3.05, 3.63) is 137 Å². The van der Waals surface area contributed by atoms with Crippen LogP contribution in [0.2, 0.25) is 0 Å². The fourth-order valence-electron chi connectivity index (χ4n) is 8.47. The second-order valence-corrected chi connectivity index (χ2v) is 20.1. The number of sulfonamides is 1. The Morgan fingerprint density at radius 3 is 1.69 bits per heavy atom. The maximum Gasteiger partial charge on any atom is 0.395 e. The molecule has 0 atom stereocenters. The number of rotatable bonds is 16. The summed E-state index contributed by atoms with van der Waals surface area (Å²) < 4.78 is 68.5. The molecule has 1 fully saturated rings. The van der Waals surface area contributed by atoms with E-state index in [1.54, 1.807) is 37.4 Å². The third-order valence-electron chi connectivity index (χ3n) is 11.4. The smallest absolute Gasteiger partial charge is 0.395 e. The fraction of sp³-hybridized carbons (Fsp3) is 0.386. The van der Waals surface area contributed by atoms with Crippen LogP contribution in [0.15, 0.2) is 131 Å². The minimum Gasteiger partial charge on any atom is -0.748 e. The third-order valence-corrected chi connectivity index (χ3v) is 14.6. The number of anilines is 2. The van der Waals surface area contributed by atoms with Gasteiger partial charge in [0.2, 0.25) is 5.71 Å². The zero-order chi connectivity index (χ0) is 41.7. The van der Waals surface area contributed by atoms with Gasteiger partial charge in [0, 0.05) is 81.4 Å². The van der Waals surface area contributed by atoms with E-state index >= 15 is 0 Å². The molecule has 0 bridgehead atoms. The van der Waals surface area contributed by atoms with Gasteiger partial charge in [-0.25, -0.2) is 8.42 Å². The van der Waals surface area contributed by atoms with Gasteiger partial charge in [0.1, 0.15) is 4.90 Å². The molecular formula is C44H52N3O8S3-. The number of fused-ring (bicyclic) bond motifs is 2. The lowest BCUT2D eigenvalue weighted by molar-refractivity contribution is -0.777. The molecule has 0 amide bonds. The van der Waals surface area contributed by atoms with E-state index in [0.717, 1.165) is 70.9 Å². The molecule has 0 radical (unpaired) electrons. The summed E-state index contributed by atoms with van der Waals surface area (Å²) in [6, 6.07) is 25.0. The molecule has 0 aromatic heterocycles. The summed E-state index contributed by atoms with van der Waals surface area (Å²) in [5.41, 5.74) is 8.32. The Balaban J connectivity index is 1.42. The van der Waals surface area contributed by atoms with Crippen molar-refractivity contribution in [1.29, 1.82) is 0 Å². The highest BCUT2D eigenvalue weighted by Gasteiger charge is 2.42. The van der Waals surface area contributed by atoms with Gasteiger partial charge in [-0.3, -0.25) is 5.04 Å². The van der Waals surface area contributed by atoms with Gasteiger partial charge in [-0.05, 0) is 86.1 Å². The second kappa shape index (κ2) is 18.1. The molecule has 58 heavy (non-hydrogen) atoms. The minimum absolute atomic E-state index is 0.204. The number of hydrogen-bond donors (Lipinski definition) is 0. The van der Waals surface area contributed by atoms with Gasteiger partial charge in [-0.1, -0.05) is 94.4 Å².